The lowest BCUT2D eigenvalue weighted by atomic mass is 9.87. The number of rotatable bonds is 9. The summed E-state index contributed by atoms with van der Waals surface area (Å²) in [4.78, 5) is 26.2. The van der Waals surface area contributed by atoms with Gasteiger partial charge in [0.15, 0.2) is 0 Å². The highest BCUT2D eigenvalue weighted by Gasteiger charge is 2.27. The van der Waals surface area contributed by atoms with Gasteiger partial charge in [-0.1, -0.05) is 82.6 Å². The number of carbonyl (C=O) groups is 2. The quantitative estimate of drug-likeness (QED) is 0.209. The first-order chi connectivity index (χ1) is 20.2. The number of sulfonamides is 1. The maximum Gasteiger partial charge on any atom is 0.264 e. The van der Waals surface area contributed by atoms with Crippen LogP contribution in [-0.4, -0.2) is 26.8 Å². The molecule has 0 bridgehead atoms. The van der Waals surface area contributed by atoms with E-state index in [1.54, 1.807) is 72.8 Å². The Bertz CT molecular complexity index is 1690. The third-order valence-electron chi connectivity index (χ3n) is 7.16. The van der Waals surface area contributed by atoms with Gasteiger partial charge in [-0.25, -0.2) is 8.42 Å². The Balaban J connectivity index is 1.52. The van der Waals surface area contributed by atoms with E-state index in [0.717, 1.165) is 21.0 Å². The predicted octanol–water partition coefficient (Wildman–Crippen LogP) is 7.50. The Kier molecular flexibility index (Phi) is 9.40. The first kappa shape index (κ1) is 31.5. The molecule has 2 amide bonds. The topological polar surface area (TPSA) is 95.6 Å². The Morgan fingerprint density at radius 2 is 1.37 bits per heavy atom. The van der Waals surface area contributed by atoms with Crippen molar-refractivity contribution in [2.24, 2.45) is 0 Å². The van der Waals surface area contributed by atoms with E-state index in [1.807, 2.05) is 31.2 Å². The van der Waals surface area contributed by atoms with Gasteiger partial charge >= 0.3 is 0 Å². The molecule has 0 aliphatic heterocycles. The molecule has 0 saturated carbocycles. The molecule has 0 fully saturated rings. The smallest absolute Gasteiger partial charge is 0.264 e. The van der Waals surface area contributed by atoms with Gasteiger partial charge in [-0.3, -0.25) is 13.9 Å². The fraction of sp³-hybridized carbons (Fsp3) is 0.257. The van der Waals surface area contributed by atoms with Crippen LogP contribution in [0.3, 0.4) is 0 Å². The highest BCUT2D eigenvalue weighted by atomic mass is 32.2. The summed E-state index contributed by atoms with van der Waals surface area (Å²) in [6.07, 6.45) is 0. The van der Waals surface area contributed by atoms with Gasteiger partial charge in [-0.2, -0.15) is 0 Å². The molecule has 0 atom stereocenters. The highest BCUT2D eigenvalue weighted by molar-refractivity contribution is 7.92. The van der Waals surface area contributed by atoms with Crippen molar-refractivity contribution in [3.63, 3.8) is 0 Å². The van der Waals surface area contributed by atoms with Gasteiger partial charge in [-0.05, 0) is 84.0 Å². The minimum atomic E-state index is -4.04. The summed E-state index contributed by atoms with van der Waals surface area (Å²) in [6, 6.07) is 27.9. The van der Waals surface area contributed by atoms with Crippen molar-refractivity contribution < 1.29 is 18.0 Å². The van der Waals surface area contributed by atoms with E-state index in [-0.39, 0.29) is 22.1 Å². The molecule has 2 N–H and O–H groups in total. The van der Waals surface area contributed by atoms with Crippen LogP contribution in [0.5, 0.6) is 0 Å². The minimum absolute atomic E-state index is 0.0197. The average Bonchev–Trinajstić information content (AvgIpc) is 2.96. The molecule has 4 aromatic rings. The number of amides is 2. The maximum absolute atomic E-state index is 13.7. The maximum atomic E-state index is 13.7. The molecule has 0 saturated heterocycles. The van der Waals surface area contributed by atoms with Crippen molar-refractivity contribution in [1.29, 1.82) is 0 Å². The molecular weight excluding hydrogens is 558 g/mol. The number of benzene rings is 4. The van der Waals surface area contributed by atoms with Crippen molar-refractivity contribution >= 4 is 38.9 Å². The summed E-state index contributed by atoms with van der Waals surface area (Å²) in [7, 11) is -4.04. The first-order valence-electron chi connectivity index (χ1n) is 14.3. The largest absolute Gasteiger partial charge is 0.324 e. The zero-order chi connectivity index (χ0) is 31.4. The molecule has 224 valence electrons. The number of anilines is 3. The number of hydrogen-bond acceptors (Lipinski definition) is 4. The van der Waals surface area contributed by atoms with E-state index < -0.39 is 22.5 Å². The molecule has 0 heterocycles. The van der Waals surface area contributed by atoms with Crippen LogP contribution in [0.15, 0.2) is 102 Å². The molecule has 0 aliphatic rings. The molecule has 7 nitrogen and oxygen atoms in total. The lowest BCUT2D eigenvalue weighted by molar-refractivity contribution is -0.114. The van der Waals surface area contributed by atoms with Crippen molar-refractivity contribution in [3.05, 3.63) is 119 Å². The van der Waals surface area contributed by atoms with Crippen molar-refractivity contribution in [1.82, 2.24) is 0 Å². The molecule has 8 heteroatoms. The van der Waals surface area contributed by atoms with Gasteiger partial charge in [-0.15, -0.1) is 0 Å². The average molecular weight is 598 g/mol. The standard InChI is InChI=1S/C35H39N3O4S/c1-24(2)26-14-18-31(19-15-26)38(43(41,42)32-20-10-25(3)11-21-32)23-33(39)36-29-8-7-9-30(22-29)37-34(40)27-12-16-28(17-13-27)35(4,5)6/h7-22,24H,23H2,1-6H3,(H,36,39)(H,37,40). The van der Waals surface area contributed by atoms with Gasteiger partial charge in [0.05, 0.1) is 10.6 Å². The predicted molar refractivity (Wildman–Crippen MR) is 174 cm³/mol. The van der Waals surface area contributed by atoms with Crippen molar-refractivity contribution in [3.8, 4) is 0 Å². The number of carbonyl (C=O) groups excluding carboxylic acids is 2. The Hall–Kier alpha value is -4.43. The molecule has 43 heavy (non-hydrogen) atoms. The van der Waals surface area contributed by atoms with Crippen molar-refractivity contribution in [2.75, 3.05) is 21.5 Å². The molecule has 0 aliphatic carbocycles. The lowest BCUT2D eigenvalue weighted by Gasteiger charge is -2.24. The second kappa shape index (κ2) is 12.8. The Morgan fingerprint density at radius 3 is 1.93 bits per heavy atom. The summed E-state index contributed by atoms with van der Waals surface area (Å²) in [6.45, 7) is 11.9. The van der Waals surface area contributed by atoms with Gasteiger partial charge in [0.1, 0.15) is 6.54 Å². The van der Waals surface area contributed by atoms with Gasteiger partial charge in [0.25, 0.3) is 15.9 Å². The summed E-state index contributed by atoms with van der Waals surface area (Å²) in [5, 5.41) is 5.65. The van der Waals surface area contributed by atoms with Gasteiger partial charge in [0, 0.05) is 16.9 Å². The van der Waals surface area contributed by atoms with Crippen LogP contribution in [0.4, 0.5) is 17.1 Å². The van der Waals surface area contributed by atoms with Crippen LogP contribution < -0.4 is 14.9 Å². The van der Waals surface area contributed by atoms with Crippen molar-refractivity contribution in [2.45, 2.75) is 57.8 Å². The zero-order valence-electron chi connectivity index (χ0n) is 25.5. The first-order valence-corrected chi connectivity index (χ1v) is 15.7. The number of aryl methyl sites for hydroxylation is 1. The van der Waals surface area contributed by atoms with E-state index in [1.165, 1.54) is 0 Å². The Morgan fingerprint density at radius 1 is 0.791 bits per heavy atom. The number of nitrogens with one attached hydrogen (secondary N) is 2. The van der Waals surface area contributed by atoms with Crippen LogP contribution in [0.25, 0.3) is 0 Å². The monoisotopic (exact) mass is 597 g/mol. The van der Waals surface area contributed by atoms with Crippen LogP contribution in [0, 0.1) is 6.92 Å². The minimum Gasteiger partial charge on any atom is -0.324 e. The van der Waals surface area contributed by atoms with E-state index >= 15 is 0 Å². The van der Waals surface area contributed by atoms with Crippen LogP contribution in [-0.2, 0) is 20.2 Å². The van der Waals surface area contributed by atoms with E-state index in [2.05, 4.69) is 45.3 Å². The third kappa shape index (κ3) is 7.90. The van der Waals surface area contributed by atoms with Crippen LogP contribution in [0.1, 0.15) is 67.6 Å². The fourth-order valence-corrected chi connectivity index (χ4v) is 5.93. The van der Waals surface area contributed by atoms with Gasteiger partial charge in [0.2, 0.25) is 5.91 Å². The molecule has 0 radical (unpaired) electrons. The summed E-state index contributed by atoms with van der Waals surface area (Å²) < 4.78 is 28.6. The highest BCUT2D eigenvalue weighted by Crippen LogP contribution is 2.27. The summed E-state index contributed by atoms with van der Waals surface area (Å²) >= 11 is 0. The molecule has 4 rings (SSSR count). The number of nitrogens with zero attached hydrogens (tertiary/aromatic N) is 1. The summed E-state index contributed by atoms with van der Waals surface area (Å²) in [5.41, 5.74) is 4.92. The third-order valence-corrected chi connectivity index (χ3v) is 8.95. The zero-order valence-corrected chi connectivity index (χ0v) is 26.3. The van der Waals surface area contributed by atoms with Crippen LogP contribution in [0.2, 0.25) is 0 Å². The molecule has 4 aromatic carbocycles. The fourth-order valence-electron chi connectivity index (χ4n) is 4.51. The SMILES string of the molecule is Cc1ccc(S(=O)(=O)N(CC(=O)Nc2cccc(NC(=O)c3ccc(C(C)(C)C)cc3)c2)c2ccc(C(C)C)cc2)cc1. The van der Waals surface area contributed by atoms with E-state index in [4.69, 9.17) is 0 Å². The second-order valence-electron chi connectivity index (χ2n) is 12.0. The second-order valence-corrected chi connectivity index (χ2v) is 13.8. The Labute approximate surface area is 255 Å². The molecular formula is C35H39N3O4S. The van der Waals surface area contributed by atoms with E-state index in [0.29, 0.717) is 22.6 Å². The molecule has 0 aromatic heterocycles. The number of hydrogen-bond donors (Lipinski definition) is 2. The van der Waals surface area contributed by atoms with E-state index in [9.17, 15) is 18.0 Å². The lowest BCUT2D eigenvalue weighted by Crippen LogP contribution is -2.38. The molecule has 0 spiro atoms. The normalized spacial score (nSPS) is 11.7. The molecule has 0 unspecified atom stereocenters. The summed E-state index contributed by atoms with van der Waals surface area (Å²) in [5.74, 6) is -0.524. The van der Waals surface area contributed by atoms with Crippen LogP contribution >= 0.6 is 0 Å². The van der Waals surface area contributed by atoms with Gasteiger partial charge < -0.3 is 10.6 Å².